The molecule has 5 heteroatoms. The summed E-state index contributed by atoms with van der Waals surface area (Å²) in [5, 5.41) is 3.24. The van der Waals surface area contributed by atoms with Crippen molar-refractivity contribution in [3.63, 3.8) is 0 Å². The van der Waals surface area contributed by atoms with Gasteiger partial charge in [-0.1, -0.05) is 12.1 Å². The van der Waals surface area contributed by atoms with E-state index in [4.69, 9.17) is 4.74 Å². The Morgan fingerprint density at radius 2 is 2.19 bits per heavy atom. The molecule has 118 valence electrons. The minimum absolute atomic E-state index is 0. The summed E-state index contributed by atoms with van der Waals surface area (Å²) < 4.78 is 5.78. The number of hydrogen-bond acceptors (Lipinski definition) is 4. The average Bonchev–Trinajstić information content (AvgIpc) is 2.87. The van der Waals surface area contributed by atoms with E-state index in [1.165, 1.54) is 6.42 Å². The predicted octanol–water partition coefficient (Wildman–Crippen LogP) is 2.23. The number of rotatable bonds is 7. The van der Waals surface area contributed by atoms with E-state index in [1.807, 2.05) is 31.3 Å². The van der Waals surface area contributed by atoms with Crippen LogP contribution in [0, 0.1) is 5.92 Å². The zero-order valence-electron chi connectivity index (χ0n) is 12.8. The summed E-state index contributed by atoms with van der Waals surface area (Å²) >= 11 is 0. The van der Waals surface area contributed by atoms with Gasteiger partial charge in [-0.15, -0.1) is 12.4 Å². The molecule has 4 nitrogen and oxygen atoms in total. The molecule has 0 bridgehead atoms. The van der Waals surface area contributed by atoms with Crippen molar-refractivity contribution in [3.05, 3.63) is 29.8 Å². The number of benzene rings is 1. The quantitative estimate of drug-likeness (QED) is 0.784. The van der Waals surface area contributed by atoms with Crippen molar-refractivity contribution in [2.45, 2.75) is 13.3 Å². The highest BCUT2D eigenvalue weighted by molar-refractivity contribution is 5.96. The van der Waals surface area contributed by atoms with Crippen molar-refractivity contribution in [2.24, 2.45) is 5.92 Å². The number of ether oxygens (including phenoxy) is 1. The molecular formula is C16H25ClN2O2. The van der Waals surface area contributed by atoms with Gasteiger partial charge in [-0.2, -0.15) is 0 Å². The Balaban J connectivity index is 0.00000220. The van der Waals surface area contributed by atoms with E-state index >= 15 is 0 Å². The SMILES string of the molecule is CNCC1CCN(CCOc2ccccc2C(C)=O)C1.Cl. The third kappa shape index (κ3) is 5.30. The lowest BCUT2D eigenvalue weighted by molar-refractivity contribution is 0.101. The van der Waals surface area contributed by atoms with E-state index in [9.17, 15) is 4.79 Å². The lowest BCUT2D eigenvalue weighted by Gasteiger charge is -2.17. The Morgan fingerprint density at radius 1 is 1.43 bits per heavy atom. The fraction of sp³-hybridized carbons (Fsp3) is 0.562. The smallest absolute Gasteiger partial charge is 0.163 e. The van der Waals surface area contributed by atoms with Gasteiger partial charge in [-0.05, 0) is 51.5 Å². The zero-order valence-corrected chi connectivity index (χ0v) is 13.6. The van der Waals surface area contributed by atoms with Crippen LogP contribution in [-0.4, -0.2) is 50.5 Å². The summed E-state index contributed by atoms with van der Waals surface area (Å²) in [5.41, 5.74) is 0.669. The second-order valence-corrected chi connectivity index (χ2v) is 5.41. The fourth-order valence-electron chi connectivity index (χ4n) is 2.74. The van der Waals surface area contributed by atoms with Crippen molar-refractivity contribution in [1.29, 1.82) is 0 Å². The van der Waals surface area contributed by atoms with E-state index in [1.54, 1.807) is 6.92 Å². The highest BCUT2D eigenvalue weighted by Gasteiger charge is 2.21. The molecule has 0 aromatic heterocycles. The second-order valence-electron chi connectivity index (χ2n) is 5.41. The van der Waals surface area contributed by atoms with E-state index in [2.05, 4.69) is 10.2 Å². The van der Waals surface area contributed by atoms with E-state index in [0.29, 0.717) is 17.9 Å². The van der Waals surface area contributed by atoms with Gasteiger partial charge in [0.25, 0.3) is 0 Å². The van der Waals surface area contributed by atoms with Crippen molar-refractivity contribution >= 4 is 18.2 Å². The van der Waals surface area contributed by atoms with Gasteiger partial charge in [-0.3, -0.25) is 9.69 Å². The molecule has 1 aliphatic heterocycles. The van der Waals surface area contributed by atoms with Gasteiger partial charge in [0, 0.05) is 13.1 Å². The molecule has 1 N–H and O–H groups in total. The van der Waals surface area contributed by atoms with Crippen LogP contribution in [0.4, 0.5) is 0 Å². The highest BCUT2D eigenvalue weighted by atomic mass is 35.5. The van der Waals surface area contributed by atoms with Gasteiger partial charge < -0.3 is 10.1 Å². The minimum Gasteiger partial charge on any atom is -0.491 e. The van der Waals surface area contributed by atoms with Gasteiger partial charge in [0.2, 0.25) is 0 Å². The number of nitrogens with zero attached hydrogens (tertiary/aromatic N) is 1. The number of ketones is 1. The fourth-order valence-corrected chi connectivity index (χ4v) is 2.74. The maximum absolute atomic E-state index is 11.5. The average molecular weight is 313 g/mol. The molecule has 0 saturated carbocycles. The number of Topliss-reactive ketones (excluding diaryl/α,β-unsaturated/α-hetero) is 1. The number of hydrogen-bond donors (Lipinski definition) is 1. The molecule has 0 aliphatic carbocycles. The van der Waals surface area contributed by atoms with Crippen LogP contribution in [0.2, 0.25) is 0 Å². The first-order valence-corrected chi connectivity index (χ1v) is 7.30. The first-order valence-electron chi connectivity index (χ1n) is 7.30. The normalized spacial score (nSPS) is 18.3. The molecule has 2 rings (SSSR count). The topological polar surface area (TPSA) is 41.6 Å². The number of carbonyl (C=O) groups is 1. The molecule has 0 radical (unpaired) electrons. The van der Waals surface area contributed by atoms with E-state index in [-0.39, 0.29) is 18.2 Å². The van der Waals surface area contributed by atoms with Crippen LogP contribution in [0.1, 0.15) is 23.7 Å². The lowest BCUT2D eigenvalue weighted by Crippen LogP contribution is -2.28. The molecule has 1 aromatic rings. The van der Waals surface area contributed by atoms with Crippen molar-refractivity contribution in [3.8, 4) is 5.75 Å². The van der Waals surface area contributed by atoms with Gasteiger partial charge >= 0.3 is 0 Å². The highest BCUT2D eigenvalue weighted by Crippen LogP contribution is 2.19. The maximum Gasteiger partial charge on any atom is 0.163 e. The number of carbonyl (C=O) groups excluding carboxylic acids is 1. The predicted molar refractivity (Wildman–Crippen MR) is 87.7 cm³/mol. The van der Waals surface area contributed by atoms with Gasteiger partial charge in [0.15, 0.2) is 5.78 Å². The van der Waals surface area contributed by atoms with E-state index in [0.717, 1.165) is 32.1 Å². The molecular weight excluding hydrogens is 288 g/mol. The van der Waals surface area contributed by atoms with Crippen molar-refractivity contribution < 1.29 is 9.53 Å². The number of nitrogens with one attached hydrogen (secondary N) is 1. The summed E-state index contributed by atoms with van der Waals surface area (Å²) in [4.78, 5) is 13.9. The van der Waals surface area contributed by atoms with Crippen molar-refractivity contribution in [2.75, 3.05) is 39.8 Å². The zero-order chi connectivity index (χ0) is 14.4. The van der Waals surface area contributed by atoms with Crippen LogP contribution in [-0.2, 0) is 0 Å². The second kappa shape index (κ2) is 9.03. The summed E-state index contributed by atoms with van der Waals surface area (Å²) in [6, 6.07) is 7.45. The third-order valence-corrected chi connectivity index (χ3v) is 3.79. The van der Waals surface area contributed by atoms with Crippen LogP contribution in [0.25, 0.3) is 0 Å². The Hall–Kier alpha value is -1.10. The Morgan fingerprint density at radius 3 is 2.90 bits per heavy atom. The molecule has 1 aliphatic rings. The summed E-state index contributed by atoms with van der Waals surface area (Å²) in [6.45, 7) is 6.50. The van der Waals surface area contributed by atoms with Crippen LogP contribution >= 0.6 is 12.4 Å². The molecule has 1 aromatic carbocycles. The van der Waals surface area contributed by atoms with Crippen LogP contribution < -0.4 is 10.1 Å². The van der Waals surface area contributed by atoms with E-state index < -0.39 is 0 Å². The molecule has 1 heterocycles. The Kier molecular flexibility index (Phi) is 7.72. The Labute approximate surface area is 133 Å². The minimum atomic E-state index is 0. The molecule has 1 fully saturated rings. The number of halogens is 1. The molecule has 0 spiro atoms. The maximum atomic E-state index is 11.5. The first kappa shape index (κ1) is 18.0. The first-order chi connectivity index (χ1) is 9.70. The van der Waals surface area contributed by atoms with Crippen LogP contribution in [0.15, 0.2) is 24.3 Å². The summed E-state index contributed by atoms with van der Waals surface area (Å²) in [7, 11) is 2.00. The number of likely N-dealkylation sites (tertiary alicyclic amines) is 1. The molecule has 0 amide bonds. The van der Waals surface area contributed by atoms with Crippen molar-refractivity contribution in [1.82, 2.24) is 10.2 Å². The lowest BCUT2D eigenvalue weighted by atomic mass is 10.1. The molecule has 1 atom stereocenters. The van der Waals surface area contributed by atoms with Gasteiger partial charge in [-0.25, -0.2) is 0 Å². The number of para-hydroxylation sites is 1. The van der Waals surface area contributed by atoms with Crippen LogP contribution in [0.5, 0.6) is 5.75 Å². The van der Waals surface area contributed by atoms with Gasteiger partial charge in [0.05, 0.1) is 5.56 Å². The third-order valence-electron chi connectivity index (χ3n) is 3.79. The Bertz CT molecular complexity index is 454. The largest absolute Gasteiger partial charge is 0.491 e. The molecule has 1 saturated heterocycles. The monoisotopic (exact) mass is 312 g/mol. The van der Waals surface area contributed by atoms with Crippen LogP contribution in [0.3, 0.4) is 0 Å². The summed E-state index contributed by atoms with van der Waals surface area (Å²) in [5.74, 6) is 1.51. The molecule has 1 unspecified atom stereocenters. The summed E-state index contributed by atoms with van der Waals surface area (Å²) in [6.07, 6.45) is 1.25. The molecule has 21 heavy (non-hydrogen) atoms. The van der Waals surface area contributed by atoms with Gasteiger partial charge in [0.1, 0.15) is 12.4 Å². The standard InChI is InChI=1S/C16H24N2O2.ClH/c1-13(19)15-5-3-4-6-16(15)20-10-9-18-8-7-14(12-18)11-17-2;/h3-6,14,17H,7-12H2,1-2H3;1H.